The van der Waals surface area contributed by atoms with E-state index >= 15 is 0 Å². The van der Waals surface area contributed by atoms with Crippen LogP contribution in [0, 0.1) is 11.6 Å². The fraction of sp³-hybridized carbons (Fsp3) is 0.333. The molecule has 3 aromatic rings. The summed E-state index contributed by atoms with van der Waals surface area (Å²) in [7, 11) is 0. The molecule has 1 amide bonds. The number of hydrogen-bond acceptors (Lipinski definition) is 5. The summed E-state index contributed by atoms with van der Waals surface area (Å²) < 4.78 is 27.8. The summed E-state index contributed by atoms with van der Waals surface area (Å²) in [6, 6.07) is 11.9. The van der Waals surface area contributed by atoms with Gasteiger partial charge in [-0.05, 0) is 11.6 Å². The fourth-order valence-electron chi connectivity index (χ4n) is 3.44. The molecule has 0 unspecified atom stereocenters. The van der Waals surface area contributed by atoms with Gasteiger partial charge in [0.2, 0.25) is 5.91 Å². The number of carbonyl (C=O) groups is 1. The molecule has 152 valence electrons. The lowest BCUT2D eigenvalue weighted by Crippen LogP contribution is -2.48. The van der Waals surface area contributed by atoms with E-state index in [1.807, 2.05) is 30.3 Å². The molecule has 4 rings (SSSR count). The second kappa shape index (κ2) is 8.84. The van der Waals surface area contributed by atoms with Gasteiger partial charge in [0.1, 0.15) is 11.3 Å². The van der Waals surface area contributed by atoms with Gasteiger partial charge < -0.3 is 10.2 Å². The maximum atomic E-state index is 13.9. The Morgan fingerprint density at radius 1 is 1.10 bits per heavy atom. The van der Waals surface area contributed by atoms with Crippen molar-refractivity contribution in [3.05, 3.63) is 59.7 Å². The summed E-state index contributed by atoms with van der Waals surface area (Å²) in [5.41, 5.74) is 1.24. The van der Waals surface area contributed by atoms with Crippen molar-refractivity contribution in [1.82, 2.24) is 15.2 Å². The quantitative estimate of drug-likeness (QED) is 0.671. The molecular weight excluding hydrogens is 394 g/mol. The SMILES string of the molecule is O=C(Cc1ccccc1)NCCN1CCN(c2nc3c(F)cc(F)cc3s2)CC1. The smallest absolute Gasteiger partial charge is 0.224 e. The Balaban J connectivity index is 1.23. The molecule has 8 heteroatoms. The molecule has 2 heterocycles. The number of carbonyl (C=O) groups excluding carboxylic acids is 1. The first kappa shape index (κ1) is 19.7. The molecule has 1 fully saturated rings. The van der Waals surface area contributed by atoms with Crippen molar-refractivity contribution in [1.29, 1.82) is 0 Å². The van der Waals surface area contributed by atoms with E-state index in [0.29, 0.717) is 17.7 Å². The molecule has 29 heavy (non-hydrogen) atoms. The zero-order chi connectivity index (χ0) is 20.2. The van der Waals surface area contributed by atoms with E-state index in [1.54, 1.807) is 0 Å². The van der Waals surface area contributed by atoms with E-state index < -0.39 is 11.6 Å². The Morgan fingerprint density at radius 2 is 1.86 bits per heavy atom. The average Bonchev–Trinajstić information content (AvgIpc) is 3.14. The van der Waals surface area contributed by atoms with Gasteiger partial charge in [-0.15, -0.1) is 0 Å². The second-order valence-corrected chi connectivity index (χ2v) is 8.08. The van der Waals surface area contributed by atoms with Gasteiger partial charge in [0.15, 0.2) is 10.9 Å². The fourth-order valence-corrected chi connectivity index (χ4v) is 4.50. The maximum Gasteiger partial charge on any atom is 0.224 e. The van der Waals surface area contributed by atoms with Gasteiger partial charge in [-0.1, -0.05) is 41.7 Å². The predicted molar refractivity (Wildman–Crippen MR) is 111 cm³/mol. The number of nitrogens with zero attached hydrogens (tertiary/aromatic N) is 3. The van der Waals surface area contributed by atoms with Crippen molar-refractivity contribution in [2.24, 2.45) is 0 Å². The summed E-state index contributed by atoms with van der Waals surface area (Å²) in [4.78, 5) is 20.8. The largest absolute Gasteiger partial charge is 0.355 e. The van der Waals surface area contributed by atoms with Crippen molar-refractivity contribution in [3.8, 4) is 0 Å². The highest BCUT2D eigenvalue weighted by Gasteiger charge is 2.21. The highest BCUT2D eigenvalue weighted by atomic mass is 32.1. The molecule has 2 aromatic carbocycles. The summed E-state index contributed by atoms with van der Waals surface area (Å²) >= 11 is 1.32. The zero-order valence-electron chi connectivity index (χ0n) is 15.9. The third-order valence-corrected chi connectivity index (χ3v) is 6.07. The number of nitrogens with one attached hydrogen (secondary N) is 1. The Labute approximate surface area is 172 Å². The van der Waals surface area contributed by atoms with Crippen LogP contribution in [0.15, 0.2) is 42.5 Å². The topological polar surface area (TPSA) is 48.5 Å². The molecule has 5 nitrogen and oxygen atoms in total. The Hall–Kier alpha value is -2.58. The zero-order valence-corrected chi connectivity index (χ0v) is 16.7. The molecule has 0 atom stereocenters. The second-order valence-electron chi connectivity index (χ2n) is 7.07. The standard InChI is InChI=1S/C21H22F2N4OS/c22-16-13-17(23)20-18(14-16)29-21(25-20)27-10-8-26(9-11-27)7-6-24-19(28)12-15-4-2-1-3-5-15/h1-5,13-14H,6-12H2,(H,24,28). The molecule has 0 bridgehead atoms. The van der Waals surface area contributed by atoms with Crippen LogP contribution in [0.25, 0.3) is 10.2 Å². The van der Waals surface area contributed by atoms with E-state index in [1.165, 1.54) is 17.4 Å². The molecule has 1 aliphatic heterocycles. The first-order chi connectivity index (χ1) is 14.1. The van der Waals surface area contributed by atoms with E-state index in [0.717, 1.165) is 49.5 Å². The van der Waals surface area contributed by atoms with Gasteiger partial charge >= 0.3 is 0 Å². The summed E-state index contributed by atoms with van der Waals surface area (Å²) in [5.74, 6) is -1.17. The molecule has 1 saturated heterocycles. The number of halogens is 2. The minimum Gasteiger partial charge on any atom is -0.355 e. The minimum absolute atomic E-state index is 0.0265. The number of fused-ring (bicyclic) bond motifs is 1. The lowest BCUT2D eigenvalue weighted by Gasteiger charge is -2.34. The summed E-state index contributed by atoms with van der Waals surface area (Å²) in [6.45, 7) is 4.60. The number of piperazine rings is 1. The highest BCUT2D eigenvalue weighted by Crippen LogP contribution is 2.31. The van der Waals surface area contributed by atoms with Crippen LogP contribution in [0.5, 0.6) is 0 Å². The monoisotopic (exact) mass is 416 g/mol. The van der Waals surface area contributed by atoms with Crippen molar-refractivity contribution in [3.63, 3.8) is 0 Å². The van der Waals surface area contributed by atoms with Crippen LogP contribution in [0.2, 0.25) is 0 Å². The molecule has 0 radical (unpaired) electrons. The third kappa shape index (κ3) is 4.89. The molecule has 0 aliphatic carbocycles. The van der Waals surface area contributed by atoms with Crippen LogP contribution >= 0.6 is 11.3 Å². The number of rotatable bonds is 6. The normalized spacial score (nSPS) is 15.0. The lowest BCUT2D eigenvalue weighted by atomic mass is 10.1. The van der Waals surface area contributed by atoms with Crippen molar-refractivity contribution < 1.29 is 13.6 Å². The molecule has 1 aromatic heterocycles. The Morgan fingerprint density at radius 3 is 2.62 bits per heavy atom. The Bertz CT molecular complexity index is 987. The van der Waals surface area contributed by atoms with Gasteiger partial charge in [0.25, 0.3) is 0 Å². The van der Waals surface area contributed by atoms with Crippen molar-refractivity contribution in [2.45, 2.75) is 6.42 Å². The van der Waals surface area contributed by atoms with Gasteiger partial charge in [-0.2, -0.15) is 0 Å². The van der Waals surface area contributed by atoms with Crippen LogP contribution in [0.3, 0.4) is 0 Å². The van der Waals surface area contributed by atoms with Crippen LogP contribution in [-0.2, 0) is 11.2 Å². The molecule has 0 spiro atoms. The number of thiazole rings is 1. The highest BCUT2D eigenvalue weighted by molar-refractivity contribution is 7.22. The van der Waals surface area contributed by atoms with E-state index in [-0.39, 0.29) is 11.4 Å². The van der Waals surface area contributed by atoms with Crippen LogP contribution in [0.4, 0.5) is 13.9 Å². The number of anilines is 1. The lowest BCUT2D eigenvalue weighted by molar-refractivity contribution is -0.120. The predicted octanol–water partition coefficient (Wildman–Crippen LogP) is 3.06. The van der Waals surface area contributed by atoms with Gasteiger partial charge in [-0.3, -0.25) is 9.69 Å². The summed E-state index contributed by atoms with van der Waals surface area (Å²) in [6.07, 6.45) is 0.392. The third-order valence-electron chi connectivity index (χ3n) is 5.00. The van der Waals surface area contributed by atoms with Crippen molar-refractivity contribution in [2.75, 3.05) is 44.2 Å². The number of benzene rings is 2. The van der Waals surface area contributed by atoms with E-state index in [2.05, 4.69) is 20.1 Å². The number of aromatic nitrogens is 1. The minimum atomic E-state index is -0.618. The number of amides is 1. The van der Waals surface area contributed by atoms with E-state index in [4.69, 9.17) is 0 Å². The maximum absolute atomic E-state index is 13.9. The molecule has 0 saturated carbocycles. The van der Waals surface area contributed by atoms with Gasteiger partial charge in [-0.25, -0.2) is 13.8 Å². The average molecular weight is 416 g/mol. The van der Waals surface area contributed by atoms with Gasteiger partial charge in [0.05, 0.1) is 11.1 Å². The van der Waals surface area contributed by atoms with Gasteiger partial charge in [0, 0.05) is 45.3 Å². The first-order valence-corrected chi connectivity index (χ1v) is 10.4. The molecule has 1 N–H and O–H groups in total. The number of hydrogen-bond donors (Lipinski definition) is 1. The van der Waals surface area contributed by atoms with Crippen LogP contribution < -0.4 is 10.2 Å². The van der Waals surface area contributed by atoms with E-state index in [9.17, 15) is 13.6 Å². The molecular formula is C21H22F2N4OS. The molecule has 1 aliphatic rings. The van der Waals surface area contributed by atoms with Crippen molar-refractivity contribution >= 4 is 32.6 Å². The first-order valence-electron chi connectivity index (χ1n) is 9.62. The summed E-state index contributed by atoms with van der Waals surface area (Å²) in [5, 5.41) is 3.69. The van der Waals surface area contributed by atoms with Crippen LogP contribution in [-0.4, -0.2) is 55.1 Å². The van der Waals surface area contributed by atoms with Crippen LogP contribution in [0.1, 0.15) is 5.56 Å². The Kier molecular flexibility index (Phi) is 6.01.